The van der Waals surface area contributed by atoms with Crippen LogP contribution in [0.5, 0.6) is 0 Å². The van der Waals surface area contributed by atoms with E-state index in [4.69, 9.17) is 0 Å². The topological polar surface area (TPSA) is 64.7 Å². The largest absolute Gasteiger partial charge is 0.334 e. The maximum Gasteiger partial charge on any atom is 0.318 e. The highest BCUT2D eigenvalue weighted by Gasteiger charge is 2.26. The minimum atomic E-state index is -0.160. The van der Waals surface area contributed by atoms with Gasteiger partial charge in [-0.25, -0.2) is 4.79 Å². The lowest BCUT2D eigenvalue weighted by Gasteiger charge is -2.32. The summed E-state index contributed by atoms with van der Waals surface area (Å²) in [6, 6.07) is 7.61. The van der Waals surface area contributed by atoms with Crippen LogP contribution < -0.4 is 10.6 Å². The van der Waals surface area contributed by atoms with Crippen molar-refractivity contribution in [1.29, 1.82) is 0 Å². The summed E-state index contributed by atoms with van der Waals surface area (Å²) in [5, 5.41) is 5.91. The van der Waals surface area contributed by atoms with E-state index >= 15 is 0 Å². The van der Waals surface area contributed by atoms with Gasteiger partial charge < -0.3 is 20.4 Å². The van der Waals surface area contributed by atoms with Crippen LogP contribution in [0.2, 0.25) is 0 Å². The Morgan fingerprint density at radius 3 is 2.95 bits per heavy atom. The number of nitrogens with zero attached hydrogens (tertiary/aromatic N) is 2. The fourth-order valence-corrected chi connectivity index (χ4v) is 3.10. The summed E-state index contributed by atoms with van der Waals surface area (Å²) >= 11 is 0. The molecule has 0 radical (unpaired) electrons. The molecule has 3 rings (SSSR count). The van der Waals surface area contributed by atoms with Gasteiger partial charge in [0, 0.05) is 18.3 Å². The molecule has 0 spiro atoms. The van der Waals surface area contributed by atoms with Gasteiger partial charge in [0.1, 0.15) is 6.54 Å². The molecule has 118 valence electrons. The molecule has 0 saturated carbocycles. The molecule has 2 aliphatic rings. The van der Waals surface area contributed by atoms with Crippen molar-refractivity contribution in [2.45, 2.75) is 25.4 Å². The van der Waals surface area contributed by atoms with E-state index in [0.717, 1.165) is 37.2 Å². The van der Waals surface area contributed by atoms with Crippen LogP contribution in [0.3, 0.4) is 0 Å². The molecule has 2 N–H and O–H groups in total. The van der Waals surface area contributed by atoms with E-state index in [1.165, 1.54) is 0 Å². The molecule has 1 unspecified atom stereocenters. The highest BCUT2D eigenvalue weighted by molar-refractivity contribution is 5.96. The average molecular weight is 302 g/mol. The van der Waals surface area contributed by atoms with Crippen LogP contribution >= 0.6 is 0 Å². The molecule has 1 fully saturated rings. The Bertz CT molecular complexity index is 575. The van der Waals surface area contributed by atoms with Gasteiger partial charge in [0.05, 0.1) is 6.54 Å². The first-order valence-corrected chi connectivity index (χ1v) is 7.73. The first kappa shape index (κ1) is 14.8. The second kappa shape index (κ2) is 6.36. The molecule has 0 aliphatic carbocycles. The molecule has 1 atom stereocenters. The number of likely N-dealkylation sites (N-methyl/N-ethyl adjacent to an activating group) is 1. The lowest BCUT2D eigenvalue weighted by Crippen LogP contribution is -2.51. The zero-order chi connectivity index (χ0) is 15.5. The summed E-state index contributed by atoms with van der Waals surface area (Å²) in [7, 11) is 2.06. The summed E-state index contributed by atoms with van der Waals surface area (Å²) in [5.41, 5.74) is 1.75. The zero-order valence-electron chi connectivity index (χ0n) is 12.8. The van der Waals surface area contributed by atoms with Crippen molar-refractivity contribution in [2.75, 3.05) is 32.0 Å². The van der Waals surface area contributed by atoms with Crippen LogP contribution in [0.4, 0.5) is 10.5 Å². The van der Waals surface area contributed by atoms with E-state index in [1.807, 2.05) is 24.3 Å². The molecule has 0 bridgehead atoms. The van der Waals surface area contributed by atoms with Crippen molar-refractivity contribution < 1.29 is 9.59 Å². The first-order chi connectivity index (χ1) is 10.6. The van der Waals surface area contributed by atoms with Crippen LogP contribution in [0.25, 0.3) is 0 Å². The molecular formula is C16H22N4O2. The number of urea groups is 1. The van der Waals surface area contributed by atoms with Crippen molar-refractivity contribution in [1.82, 2.24) is 15.1 Å². The number of carbonyl (C=O) groups is 2. The Morgan fingerprint density at radius 1 is 1.32 bits per heavy atom. The molecule has 0 aromatic heterocycles. The van der Waals surface area contributed by atoms with E-state index in [0.29, 0.717) is 6.54 Å². The number of carbonyl (C=O) groups excluding carboxylic acids is 2. The first-order valence-electron chi connectivity index (χ1n) is 7.73. The van der Waals surface area contributed by atoms with E-state index in [-0.39, 0.29) is 24.5 Å². The minimum absolute atomic E-state index is 0.0864. The van der Waals surface area contributed by atoms with Gasteiger partial charge in [-0.3, -0.25) is 4.79 Å². The summed E-state index contributed by atoms with van der Waals surface area (Å²) in [6.45, 7) is 2.47. The molecule has 1 saturated heterocycles. The maximum absolute atomic E-state index is 12.5. The van der Waals surface area contributed by atoms with Gasteiger partial charge in [0.2, 0.25) is 5.91 Å². The van der Waals surface area contributed by atoms with Gasteiger partial charge in [0.25, 0.3) is 0 Å². The number of hydrogen-bond acceptors (Lipinski definition) is 3. The fourth-order valence-electron chi connectivity index (χ4n) is 3.10. The lowest BCUT2D eigenvalue weighted by molar-refractivity contribution is -0.116. The van der Waals surface area contributed by atoms with Gasteiger partial charge in [0.15, 0.2) is 0 Å². The molecule has 1 aromatic rings. The SMILES string of the molecule is CN1CCCC(NC(=O)N2CC(=O)Nc3ccccc3C2)C1. The van der Waals surface area contributed by atoms with Gasteiger partial charge in [-0.2, -0.15) is 0 Å². The fraction of sp³-hybridized carbons (Fsp3) is 0.500. The smallest absolute Gasteiger partial charge is 0.318 e. The molecule has 2 heterocycles. The van der Waals surface area contributed by atoms with E-state index in [2.05, 4.69) is 22.6 Å². The third-order valence-electron chi connectivity index (χ3n) is 4.23. The summed E-state index contributed by atoms with van der Waals surface area (Å²) < 4.78 is 0. The third-order valence-corrected chi connectivity index (χ3v) is 4.23. The molecule has 2 aliphatic heterocycles. The van der Waals surface area contributed by atoms with E-state index in [9.17, 15) is 9.59 Å². The van der Waals surface area contributed by atoms with Crippen LogP contribution in [0.15, 0.2) is 24.3 Å². The second-order valence-electron chi connectivity index (χ2n) is 6.11. The van der Waals surface area contributed by atoms with Crippen LogP contribution in [-0.4, -0.2) is 54.5 Å². The van der Waals surface area contributed by atoms with Crippen molar-refractivity contribution in [3.8, 4) is 0 Å². The number of rotatable bonds is 1. The highest BCUT2D eigenvalue weighted by Crippen LogP contribution is 2.20. The number of anilines is 1. The van der Waals surface area contributed by atoms with Gasteiger partial charge >= 0.3 is 6.03 Å². The van der Waals surface area contributed by atoms with Gasteiger partial charge in [-0.15, -0.1) is 0 Å². The van der Waals surface area contributed by atoms with Crippen molar-refractivity contribution >= 4 is 17.6 Å². The van der Waals surface area contributed by atoms with Crippen LogP contribution in [0.1, 0.15) is 18.4 Å². The summed E-state index contributed by atoms with van der Waals surface area (Å²) in [6.07, 6.45) is 2.08. The Hall–Kier alpha value is -2.08. The van der Waals surface area contributed by atoms with Gasteiger partial charge in [-0.1, -0.05) is 18.2 Å². The number of amides is 3. The zero-order valence-corrected chi connectivity index (χ0v) is 12.8. The average Bonchev–Trinajstić information content (AvgIpc) is 2.65. The van der Waals surface area contributed by atoms with Crippen molar-refractivity contribution in [3.05, 3.63) is 29.8 Å². The standard InChI is InChI=1S/C16H22N4O2/c1-19-8-4-6-13(10-19)17-16(22)20-9-12-5-2-3-7-14(12)18-15(21)11-20/h2-3,5,7,13H,4,6,8-11H2,1H3,(H,17,22)(H,18,21). The van der Waals surface area contributed by atoms with E-state index in [1.54, 1.807) is 4.90 Å². The maximum atomic E-state index is 12.5. The van der Waals surface area contributed by atoms with Crippen molar-refractivity contribution in [3.63, 3.8) is 0 Å². The number of piperidine rings is 1. The Balaban J connectivity index is 1.68. The van der Waals surface area contributed by atoms with Crippen LogP contribution in [0, 0.1) is 0 Å². The van der Waals surface area contributed by atoms with Crippen molar-refractivity contribution in [2.24, 2.45) is 0 Å². The normalized spacial score (nSPS) is 22.5. The number of hydrogen-bond donors (Lipinski definition) is 2. The Kier molecular flexibility index (Phi) is 4.29. The Morgan fingerprint density at radius 2 is 2.14 bits per heavy atom. The highest BCUT2D eigenvalue weighted by atomic mass is 16.2. The second-order valence-corrected chi connectivity index (χ2v) is 6.11. The number of nitrogens with one attached hydrogen (secondary N) is 2. The number of benzene rings is 1. The quantitative estimate of drug-likeness (QED) is 0.820. The monoisotopic (exact) mass is 302 g/mol. The molecule has 1 aromatic carbocycles. The molecule has 22 heavy (non-hydrogen) atoms. The number of para-hydroxylation sites is 1. The number of fused-ring (bicyclic) bond motifs is 1. The minimum Gasteiger partial charge on any atom is -0.334 e. The predicted molar refractivity (Wildman–Crippen MR) is 84.5 cm³/mol. The molecule has 3 amide bonds. The lowest BCUT2D eigenvalue weighted by atomic mass is 10.1. The predicted octanol–water partition coefficient (Wildman–Crippen LogP) is 1.24. The number of likely N-dealkylation sites (tertiary alicyclic amines) is 1. The summed E-state index contributed by atoms with van der Waals surface area (Å²) in [4.78, 5) is 28.3. The molecule has 6 heteroatoms. The Labute approximate surface area is 130 Å². The van der Waals surface area contributed by atoms with Gasteiger partial charge in [-0.05, 0) is 38.1 Å². The summed E-state index contributed by atoms with van der Waals surface area (Å²) in [5.74, 6) is -0.152. The van der Waals surface area contributed by atoms with Crippen LogP contribution in [-0.2, 0) is 11.3 Å². The molecule has 6 nitrogen and oxygen atoms in total. The van der Waals surface area contributed by atoms with E-state index < -0.39 is 0 Å². The molecular weight excluding hydrogens is 280 g/mol. The third kappa shape index (κ3) is 3.39.